The first-order valence-corrected chi connectivity index (χ1v) is 5.53. The van der Waals surface area contributed by atoms with E-state index in [1.54, 1.807) is 24.0 Å². The van der Waals surface area contributed by atoms with E-state index in [1.165, 1.54) is 0 Å². The first-order valence-electron chi connectivity index (χ1n) is 4.54. The Balaban J connectivity index is 2.19. The highest BCUT2D eigenvalue weighted by molar-refractivity contribution is 7.99. The molecule has 0 aliphatic rings. The summed E-state index contributed by atoms with van der Waals surface area (Å²) in [5.74, 6) is 1.59. The average Bonchev–Trinajstić information content (AvgIpc) is 2.21. The molecule has 1 heterocycles. The molecule has 4 heteroatoms. The number of thioether (sulfide) groups is 1. The monoisotopic (exact) mass is 207 g/mol. The van der Waals surface area contributed by atoms with Crippen LogP contribution < -0.4 is 5.73 Å². The number of nitrogens with zero attached hydrogens (tertiary/aromatic N) is 2. The van der Waals surface area contributed by atoms with Crippen LogP contribution in [0.5, 0.6) is 0 Å². The number of pyridine rings is 1. The normalized spacial score (nSPS) is 9.64. The Morgan fingerprint density at radius 2 is 2.29 bits per heavy atom. The Labute approximate surface area is 88.3 Å². The van der Waals surface area contributed by atoms with Crippen molar-refractivity contribution in [1.82, 2.24) is 4.98 Å². The molecule has 0 atom stereocenters. The first kappa shape index (κ1) is 10.9. The van der Waals surface area contributed by atoms with Gasteiger partial charge in [-0.3, -0.25) is 0 Å². The van der Waals surface area contributed by atoms with Crippen LogP contribution >= 0.6 is 11.8 Å². The van der Waals surface area contributed by atoms with E-state index in [4.69, 9.17) is 11.0 Å². The second-order valence-corrected chi connectivity index (χ2v) is 4.05. The van der Waals surface area contributed by atoms with Gasteiger partial charge in [-0.25, -0.2) is 4.98 Å². The van der Waals surface area contributed by atoms with Gasteiger partial charge in [0, 0.05) is 17.5 Å². The van der Waals surface area contributed by atoms with Crippen molar-refractivity contribution in [1.29, 1.82) is 5.26 Å². The molecule has 0 fully saturated rings. The smallest absolute Gasteiger partial charge is 0.123 e. The van der Waals surface area contributed by atoms with Crippen molar-refractivity contribution in [3.8, 4) is 6.07 Å². The topological polar surface area (TPSA) is 62.7 Å². The molecule has 3 nitrogen and oxygen atoms in total. The highest BCUT2D eigenvalue weighted by atomic mass is 32.2. The third kappa shape index (κ3) is 4.15. The number of rotatable bonds is 5. The summed E-state index contributed by atoms with van der Waals surface area (Å²) in [6.07, 6.45) is 4.49. The summed E-state index contributed by atoms with van der Waals surface area (Å²) < 4.78 is 0. The quantitative estimate of drug-likeness (QED) is 0.595. The van der Waals surface area contributed by atoms with E-state index in [-0.39, 0.29) is 0 Å². The maximum absolute atomic E-state index is 8.33. The largest absolute Gasteiger partial charge is 0.384 e. The van der Waals surface area contributed by atoms with Gasteiger partial charge in [0.05, 0.1) is 6.07 Å². The van der Waals surface area contributed by atoms with Gasteiger partial charge in [-0.05, 0) is 30.7 Å². The maximum Gasteiger partial charge on any atom is 0.123 e. The number of unbranched alkanes of at least 4 members (excludes halogenated alkanes) is 2. The summed E-state index contributed by atoms with van der Waals surface area (Å²) in [6, 6.07) is 5.91. The lowest BCUT2D eigenvalue weighted by molar-refractivity contribution is 0.830. The third-order valence-electron chi connectivity index (χ3n) is 1.71. The van der Waals surface area contributed by atoms with Crippen LogP contribution in [0.15, 0.2) is 23.2 Å². The second kappa shape index (κ2) is 6.28. The van der Waals surface area contributed by atoms with Crippen LogP contribution in [-0.4, -0.2) is 10.7 Å². The van der Waals surface area contributed by atoms with Crippen LogP contribution in [0.4, 0.5) is 5.82 Å². The van der Waals surface area contributed by atoms with Crippen LogP contribution in [0, 0.1) is 11.3 Å². The van der Waals surface area contributed by atoms with Gasteiger partial charge >= 0.3 is 0 Å². The van der Waals surface area contributed by atoms with Crippen molar-refractivity contribution in [2.75, 3.05) is 11.5 Å². The van der Waals surface area contributed by atoms with E-state index in [0.717, 1.165) is 23.5 Å². The zero-order valence-electron chi connectivity index (χ0n) is 7.94. The summed E-state index contributed by atoms with van der Waals surface area (Å²) in [5.41, 5.74) is 5.46. The zero-order valence-corrected chi connectivity index (χ0v) is 8.76. The fourth-order valence-electron chi connectivity index (χ4n) is 0.973. The number of nitrogen functional groups attached to an aromatic ring is 1. The molecule has 0 aliphatic heterocycles. The molecule has 0 saturated carbocycles. The first-order chi connectivity index (χ1) is 6.83. The van der Waals surface area contributed by atoms with Crippen molar-refractivity contribution < 1.29 is 0 Å². The molecule has 0 saturated heterocycles. The van der Waals surface area contributed by atoms with Crippen LogP contribution in [0.3, 0.4) is 0 Å². The molecule has 0 bridgehead atoms. The molecule has 0 spiro atoms. The molecule has 1 aromatic rings. The van der Waals surface area contributed by atoms with E-state index < -0.39 is 0 Å². The van der Waals surface area contributed by atoms with Crippen LogP contribution in [0.1, 0.15) is 19.3 Å². The molecule has 0 unspecified atom stereocenters. The molecule has 14 heavy (non-hydrogen) atoms. The summed E-state index contributed by atoms with van der Waals surface area (Å²) in [5, 5.41) is 8.33. The highest BCUT2D eigenvalue weighted by Gasteiger charge is 1.94. The number of hydrogen-bond donors (Lipinski definition) is 1. The number of anilines is 1. The lowest BCUT2D eigenvalue weighted by atomic mass is 10.3. The molecule has 1 rings (SSSR count). The number of hydrogen-bond acceptors (Lipinski definition) is 4. The van der Waals surface area contributed by atoms with Crippen LogP contribution in [-0.2, 0) is 0 Å². The number of nitriles is 1. The molecule has 1 aromatic heterocycles. The Hall–Kier alpha value is -1.21. The summed E-state index contributed by atoms with van der Waals surface area (Å²) in [6.45, 7) is 0. The summed E-state index contributed by atoms with van der Waals surface area (Å²) >= 11 is 1.75. The predicted octanol–water partition coefficient (Wildman–Crippen LogP) is 2.45. The Morgan fingerprint density at radius 1 is 1.43 bits per heavy atom. The minimum Gasteiger partial charge on any atom is -0.384 e. The zero-order chi connectivity index (χ0) is 10.2. The van der Waals surface area contributed by atoms with Crippen molar-refractivity contribution >= 4 is 17.6 Å². The SMILES string of the molecule is N#CCCCCSc1ccc(N)nc1. The van der Waals surface area contributed by atoms with Crippen LogP contribution in [0.25, 0.3) is 0 Å². The van der Waals surface area contributed by atoms with Crippen molar-refractivity contribution in [3.05, 3.63) is 18.3 Å². The van der Waals surface area contributed by atoms with Crippen molar-refractivity contribution in [2.24, 2.45) is 0 Å². The minimum atomic E-state index is 0.554. The van der Waals surface area contributed by atoms with Gasteiger partial charge in [0.1, 0.15) is 5.82 Å². The van der Waals surface area contributed by atoms with E-state index in [2.05, 4.69) is 11.1 Å². The predicted molar refractivity (Wildman–Crippen MR) is 58.8 cm³/mol. The van der Waals surface area contributed by atoms with Gasteiger partial charge in [-0.1, -0.05) is 0 Å². The lowest BCUT2D eigenvalue weighted by Crippen LogP contribution is -1.88. The number of nitrogens with two attached hydrogens (primary N) is 1. The highest BCUT2D eigenvalue weighted by Crippen LogP contribution is 2.18. The van der Waals surface area contributed by atoms with Crippen molar-refractivity contribution in [3.63, 3.8) is 0 Å². The Kier molecular flexibility index (Phi) is 4.87. The van der Waals surface area contributed by atoms with Gasteiger partial charge in [-0.2, -0.15) is 5.26 Å². The molecular formula is C10H13N3S. The van der Waals surface area contributed by atoms with E-state index in [0.29, 0.717) is 12.2 Å². The molecule has 0 aromatic carbocycles. The summed E-state index contributed by atoms with van der Waals surface area (Å²) in [7, 11) is 0. The summed E-state index contributed by atoms with van der Waals surface area (Å²) in [4.78, 5) is 5.13. The van der Waals surface area contributed by atoms with E-state index in [9.17, 15) is 0 Å². The molecule has 0 amide bonds. The maximum atomic E-state index is 8.33. The fraction of sp³-hybridized carbons (Fsp3) is 0.400. The average molecular weight is 207 g/mol. The lowest BCUT2D eigenvalue weighted by Gasteiger charge is -1.99. The standard InChI is InChI=1S/C10H13N3S/c11-6-2-1-3-7-14-9-4-5-10(12)13-8-9/h4-5,8H,1-3,7H2,(H2,12,13). The van der Waals surface area contributed by atoms with Gasteiger partial charge in [-0.15, -0.1) is 11.8 Å². The van der Waals surface area contributed by atoms with Crippen LogP contribution in [0.2, 0.25) is 0 Å². The van der Waals surface area contributed by atoms with Gasteiger partial charge < -0.3 is 5.73 Å². The van der Waals surface area contributed by atoms with Gasteiger partial charge in [0.25, 0.3) is 0 Å². The Morgan fingerprint density at radius 3 is 2.93 bits per heavy atom. The fourth-order valence-corrected chi connectivity index (χ4v) is 1.85. The van der Waals surface area contributed by atoms with Gasteiger partial charge in [0.15, 0.2) is 0 Å². The minimum absolute atomic E-state index is 0.554. The molecule has 2 N–H and O–H groups in total. The van der Waals surface area contributed by atoms with Gasteiger partial charge in [0.2, 0.25) is 0 Å². The molecule has 0 aliphatic carbocycles. The van der Waals surface area contributed by atoms with E-state index >= 15 is 0 Å². The second-order valence-electron chi connectivity index (χ2n) is 2.88. The molecule has 74 valence electrons. The van der Waals surface area contributed by atoms with E-state index in [1.807, 2.05) is 6.07 Å². The Bertz CT molecular complexity index is 302. The number of aromatic nitrogens is 1. The third-order valence-corrected chi connectivity index (χ3v) is 2.78. The molecule has 0 radical (unpaired) electrons. The van der Waals surface area contributed by atoms with Crippen molar-refractivity contribution in [2.45, 2.75) is 24.2 Å². The molecular weight excluding hydrogens is 194 g/mol.